The van der Waals surface area contributed by atoms with E-state index in [1.807, 2.05) is 0 Å². The van der Waals surface area contributed by atoms with Gasteiger partial charge in [-0.2, -0.15) is 0 Å². The summed E-state index contributed by atoms with van der Waals surface area (Å²) in [4.78, 5) is 14.3. The van der Waals surface area contributed by atoms with E-state index in [0.29, 0.717) is 11.3 Å². The van der Waals surface area contributed by atoms with Crippen molar-refractivity contribution in [2.45, 2.75) is 0 Å². The van der Waals surface area contributed by atoms with Crippen LogP contribution in [0.4, 0.5) is 0 Å². The number of hydrogen-bond donors (Lipinski definition) is 1. The fourth-order valence-corrected chi connectivity index (χ4v) is 0.883. The van der Waals surface area contributed by atoms with E-state index in [9.17, 15) is 4.79 Å². The highest BCUT2D eigenvalue weighted by Crippen LogP contribution is 2.04. The largest absolute Gasteiger partial charge is 0.496 e. The van der Waals surface area contributed by atoms with Crippen LogP contribution < -0.4 is 10.3 Å². The van der Waals surface area contributed by atoms with Crippen molar-refractivity contribution < 1.29 is 14.6 Å². The van der Waals surface area contributed by atoms with Gasteiger partial charge < -0.3 is 9.84 Å². The molecule has 0 aliphatic carbocycles. The Labute approximate surface area is 70.6 Å². The molecule has 0 radical (unpaired) electrons. The second kappa shape index (κ2) is 3.25. The molecule has 0 spiro atoms. The van der Waals surface area contributed by atoms with Crippen molar-refractivity contribution in [3.8, 4) is 5.75 Å². The molecule has 62 valence electrons. The molecule has 12 heavy (non-hydrogen) atoms. The zero-order chi connectivity index (χ0) is 9.14. The van der Waals surface area contributed by atoms with Crippen molar-refractivity contribution in [3.63, 3.8) is 0 Å². The molecule has 1 rings (SSSR count). The molecule has 0 fully saturated rings. The highest BCUT2D eigenvalue weighted by Gasteiger charge is 2.06. The van der Waals surface area contributed by atoms with Crippen molar-refractivity contribution in [1.82, 2.24) is 4.98 Å². The van der Waals surface area contributed by atoms with Gasteiger partial charge in [0.25, 0.3) is 0 Å². The molecule has 0 saturated heterocycles. The van der Waals surface area contributed by atoms with E-state index < -0.39 is 5.97 Å². The lowest BCUT2D eigenvalue weighted by molar-refractivity contribution is 0.0690. The molecule has 1 N–H and O–H groups in total. The Hall–Kier alpha value is -1.52. The number of rotatable bonds is 2. The fourth-order valence-electron chi connectivity index (χ4n) is 0.883. The number of aromatic nitrogens is 1. The molecule has 4 nitrogen and oxygen atoms in total. The zero-order valence-electron chi connectivity index (χ0n) is 6.87. The van der Waals surface area contributed by atoms with Gasteiger partial charge in [-0.25, -0.2) is 4.79 Å². The van der Waals surface area contributed by atoms with Crippen LogP contribution in [0, 0.1) is 0 Å². The summed E-state index contributed by atoms with van der Waals surface area (Å²) < 4.78 is 4.92. The number of hydrogen-bond acceptors (Lipinski definition) is 3. The Kier molecular flexibility index (Phi) is 2.33. The molecule has 1 aromatic rings. The number of carbonyl (C=O) groups is 1. The van der Waals surface area contributed by atoms with E-state index in [-0.39, 0.29) is 5.69 Å². The van der Waals surface area contributed by atoms with Crippen molar-refractivity contribution in [2.24, 2.45) is 0 Å². The van der Waals surface area contributed by atoms with Crippen LogP contribution in [0.5, 0.6) is 5.75 Å². The molecule has 0 amide bonds. The van der Waals surface area contributed by atoms with Crippen LogP contribution in [0.25, 0.3) is 0 Å². The molecule has 0 unspecified atom stereocenters. The molecule has 1 aromatic heterocycles. The maximum atomic E-state index is 10.4. The first-order valence-electron chi connectivity index (χ1n) is 3.40. The number of pyridine rings is 1. The van der Waals surface area contributed by atoms with Crippen LogP contribution >= 0.6 is 0 Å². The quantitative estimate of drug-likeness (QED) is 0.573. The van der Waals surface area contributed by atoms with E-state index in [1.165, 1.54) is 13.2 Å². The molecule has 0 atom stereocenters. The van der Waals surface area contributed by atoms with Crippen molar-refractivity contribution >= 4 is 19.4 Å². The number of nitrogens with zero attached hydrogens (tertiary/aromatic N) is 1. The van der Waals surface area contributed by atoms with Crippen LogP contribution in [-0.2, 0) is 0 Å². The Bertz CT molecular complexity index is 314. The van der Waals surface area contributed by atoms with Crippen LogP contribution in [0.15, 0.2) is 12.1 Å². The first-order chi connectivity index (χ1) is 5.65. The molecule has 0 aromatic carbocycles. The second-order valence-electron chi connectivity index (χ2n) is 2.29. The van der Waals surface area contributed by atoms with Gasteiger partial charge in [-0.3, -0.25) is 4.98 Å². The van der Waals surface area contributed by atoms with Crippen molar-refractivity contribution in [1.29, 1.82) is 0 Å². The summed E-state index contributed by atoms with van der Waals surface area (Å²) in [7, 11) is 3.22. The predicted octanol–water partition coefficient (Wildman–Crippen LogP) is -0.953. The standard InChI is InChI=1S/C7H8BNO3/c1-12-5-3-2-4(7(10)11)9-6(5)8/h2-3H,8H2,1H3,(H,10,11). The molecule has 0 bridgehead atoms. The average molecular weight is 165 g/mol. The highest BCUT2D eigenvalue weighted by atomic mass is 16.5. The fraction of sp³-hybridized carbons (Fsp3) is 0.143. The lowest BCUT2D eigenvalue weighted by Crippen LogP contribution is -2.16. The van der Waals surface area contributed by atoms with E-state index >= 15 is 0 Å². The van der Waals surface area contributed by atoms with Gasteiger partial charge in [0.2, 0.25) is 0 Å². The number of carboxylic acids is 1. The van der Waals surface area contributed by atoms with Gasteiger partial charge in [-0.1, -0.05) is 0 Å². The van der Waals surface area contributed by atoms with Crippen molar-refractivity contribution in [2.75, 3.05) is 7.11 Å². The third kappa shape index (κ3) is 1.55. The lowest BCUT2D eigenvalue weighted by atomic mass is 10.0. The van der Waals surface area contributed by atoms with E-state index in [2.05, 4.69) is 4.98 Å². The maximum Gasteiger partial charge on any atom is 0.354 e. The van der Waals surface area contributed by atoms with Gasteiger partial charge in [-0.15, -0.1) is 0 Å². The van der Waals surface area contributed by atoms with Gasteiger partial charge in [0.1, 0.15) is 11.4 Å². The lowest BCUT2D eigenvalue weighted by Gasteiger charge is -2.03. The Morgan fingerprint density at radius 1 is 1.67 bits per heavy atom. The Morgan fingerprint density at radius 3 is 2.75 bits per heavy atom. The summed E-state index contributed by atoms with van der Waals surface area (Å²) in [5, 5.41) is 8.57. The Morgan fingerprint density at radius 2 is 2.33 bits per heavy atom. The average Bonchev–Trinajstić information content (AvgIpc) is 2.04. The van der Waals surface area contributed by atoms with Gasteiger partial charge in [-0.05, 0) is 12.1 Å². The van der Waals surface area contributed by atoms with E-state index in [0.717, 1.165) is 0 Å². The van der Waals surface area contributed by atoms with Gasteiger partial charge in [0.15, 0.2) is 7.85 Å². The number of aromatic carboxylic acids is 1. The van der Waals surface area contributed by atoms with Crippen LogP contribution in [0.3, 0.4) is 0 Å². The third-order valence-electron chi connectivity index (χ3n) is 1.48. The van der Waals surface area contributed by atoms with Gasteiger partial charge in [0.05, 0.1) is 7.11 Å². The van der Waals surface area contributed by atoms with Crippen LogP contribution in [0.2, 0.25) is 0 Å². The summed E-state index contributed by atoms with van der Waals surface area (Å²) in [6.07, 6.45) is 0. The van der Waals surface area contributed by atoms with Crippen molar-refractivity contribution in [3.05, 3.63) is 17.8 Å². The second-order valence-corrected chi connectivity index (χ2v) is 2.29. The monoisotopic (exact) mass is 165 g/mol. The smallest absolute Gasteiger partial charge is 0.354 e. The van der Waals surface area contributed by atoms with E-state index in [4.69, 9.17) is 9.84 Å². The normalized spacial score (nSPS) is 9.42. The highest BCUT2D eigenvalue weighted by molar-refractivity contribution is 6.32. The topological polar surface area (TPSA) is 59.4 Å². The Balaban J connectivity index is 3.10. The third-order valence-corrected chi connectivity index (χ3v) is 1.48. The van der Waals surface area contributed by atoms with E-state index in [1.54, 1.807) is 13.9 Å². The molecule has 0 aliphatic heterocycles. The van der Waals surface area contributed by atoms with Gasteiger partial charge >= 0.3 is 5.97 Å². The van der Waals surface area contributed by atoms with Gasteiger partial charge in [0, 0.05) is 5.59 Å². The minimum atomic E-state index is -1.03. The summed E-state index contributed by atoms with van der Waals surface area (Å²) in [5.74, 6) is -0.430. The first-order valence-corrected chi connectivity index (χ1v) is 3.40. The summed E-state index contributed by atoms with van der Waals surface area (Å²) in [6, 6.07) is 3.00. The summed E-state index contributed by atoms with van der Waals surface area (Å²) >= 11 is 0. The molecule has 0 aliphatic rings. The molecular formula is C7H8BNO3. The van der Waals surface area contributed by atoms with Crippen LogP contribution in [0.1, 0.15) is 10.5 Å². The number of ether oxygens (including phenoxy) is 1. The molecule has 0 saturated carbocycles. The predicted molar refractivity (Wildman–Crippen MR) is 45.9 cm³/mol. The first kappa shape index (κ1) is 8.58. The van der Waals surface area contributed by atoms with Crippen LogP contribution in [-0.4, -0.2) is 31.0 Å². The summed E-state index contributed by atoms with van der Waals surface area (Å²) in [5.41, 5.74) is 0.616. The molecule has 5 heteroatoms. The SMILES string of the molecule is Bc1nc(C(=O)O)ccc1OC. The minimum absolute atomic E-state index is 0.0355. The number of carboxylic acid groups (broad SMARTS) is 1. The molecule has 1 heterocycles. The summed E-state index contributed by atoms with van der Waals surface area (Å²) in [6.45, 7) is 0. The minimum Gasteiger partial charge on any atom is -0.496 e. The molecular weight excluding hydrogens is 157 g/mol. The number of methoxy groups -OCH3 is 1. The maximum absolute atomic E-state index is 10.4. The zero-order valence-corrected chi connectivity index (χ0v) is 6.87.